The van der Waals surface area contributed by atoms with Crippen molar-refractivity contribution in [3.05, 3.63) is 35.4 Å². The monoisotopic (exact) mass is 376 g/mol. The van der Waals surface area contributed by atoms with E-state index < -0.39 is 35.6 Å². The van der Waals surface area contributed by atoms with Crippen molar-refractivity contribution in [1.29, 1.82) is 0 Å². The maximum absolute atomic E-state index is 13.3. The zero-order valence-corrected chi connectivity index (χ0v) is 15.1. The largest absolute Gasteiger partial charge is 0.465 e. The summed E-state index contributed by atoms with van der Waals surface area (Å²) in [5.74, 6) is 0. The number of likely N-dealkylation sites (N-methyl/N-ethyl adjacent to an activating group) is 1. The summed E-state index contributed by atoms with van der Waals surface area (Å²) in [5.41, 5.74) is -2.02. The molecule has 1 aromatic carbocycles. The highest BCUT2D eigenvalue weighted by Crippen LogP contribution is 2.35. The molecule has 0 saturated carbocycles. The minimum Gasteiger partial charge on any atom is -0.465 e. The van der Waals surface area contributed by atoms with Crippen LogP contribution in [0.2, 0.25) is 0 Å². The summed E-state index contributed by atoms with van der Waals surface area (Å²) in [4.78, 5) is 24.2. The Balaban J connectivity index is 3.24. The molecule has 146 valence electrons. The van der Waals surface area contributed by atoms with Crippen molar-refractivity contribution < 1.29 is 32.6 Å². The molecule has 0 aromatic heterocycles. The van der Waals surface area contributed by atoms with Crippen molar-refractivity contribution in [2.45, 2.75) is 45.5 Å². The van der Waals surface area contributed by atoms with Gasteiger partial charge in [-0.15, -0.1) is 0 Å². The van der Waals surface area contributed by atoms with E-state index in [1.165, 1.54) is 18.2 Å². The van der Waals surface area contributed by atoms with Gasteiger partial charge in [-0.1, -0.05) is 18.2 Å². The van der Waals surface area contributed by atoms with Crippen LogP contribution in [0.5, 0.6) is 0 Å². The van der Waals surface area contributed by atoms with Crippen LogP contribution in [0.15, 0.2) is 24.3 Å². The zero-order chi connectivity index (χ0) is 20.1. The Morgan fingerprint density at radius 2 is 1.81 bits per heavy atom. The van der Waals surface area contributed by atoms with Crippen molar-refractivity contribution >= 4 is 12.2 Å². The third-order valence-electron chi connectivity index (χ3n) is 3.39. The average Bonchev–Trinajstić information content (AvgIpc) is 2.48. The van der Waals surface area contributed by atoms with Gasteiger partial charge in [-0.3, -0.25) is 0 Å². The molecule has 9 heteroatoms. The molecule has 2 amide bonds. The number of amides is 2. The first-order valence-corrected chi connectivity index (χ1v) is 7.98. The summed E-state index contributed by atoms with van der Waals surface area (Å²) in [6.45, 7) is 6.09. The normalized spacial score (nSPS) is 13.0. The molecule has 0 heterocycles. The Morgan fingerprint density at radius 3 is 2.27 bits per heavy atom. The van der Waals surface area contributed by atoms with Gasteiger partial charge in [-0.25, -0.2) is 9.59 Å². The standard InChI is InChI=1S/C17H23F3N2O4/c1-5-22(15(24)25)10-13(21-14(23)26-16(2,3)4)11-8-6-7-9-12(11)17(18,19)20/h6-9,13H,5,10H2,1-4H3,(H,21,23)(H,24,25). The predicted octanol–water partition coefficient (Wildman–Crippen LogP) is 4.27. The lowest BCUT2D eigenvalue weighted by Crippen LogP contribution is -2.42. The van der Waals surface area contributed by atoms with Crippen molar-refractivity contribution in [1.82, 2.24) is 10.2 Å². The quantitative estimate of drug-likeness (QED) is 0.804. The van der Waals surface area contributed by atoms with Gasteiger partial charge >= 0.3 is 18.4 Å². The smallest absolute Gasteiger partial charge is 0.416 e. The summed E-state index contributed by atoms with van der Waals surface area (Å²) >= 11 is 0. The van der Waals surface area contributed by atoms with E-state index in [0.29, 0.717) is 0 Å². The number of ether oxygens (including phenoxy) is 1. The van der Waals surface area contributed by atoms with Crippen LogP contribution in [0.4, 0.5) is 22.8 Å². The van der Waals surface area contributed by atoms with E-state index in [4.69, 9.17) is 4.74 Å². The fraction of sp³-hybridized carbons (Fsp3) is 0.529. The molecule has 0 aliphatic rings. The van der Waals surface area contributed by atoms with Crippen LogP contribution in [-0.2, 0) is 10.9 Å². The van der Waals surface area contributed by atoms with Gasteiger partial charge < -0.3 is 20.1 Å². The molecule has 2 N–H and O–H groups in total. The summed E-state index contributed by atoms with van der Waals surface area (Å²) < 4.78 is 45.1. The van der Waals surface area contributed by atoms with Gasteiger partial charge in [-0.2, -0.15) is 13.2 Å². The Morgan fingerprint density at radius 1 is 1.23 bits per heavy atom. The Kier molecular flexibility index (Phi) is 6.88. The van der Waals surface area contributed by atoms with E-state index in [0.717, 1.165) is 11.0 Å². The number of carbonyl (C=O) groups is 2. The second-order valence-corrected chi connectivity index (χ2v) is 6.61. The van der Waals surface area contributed by atoms with Crippen LogP contribution >= 0.6 is 0 Å². The molecule has 0 spiro atoms. The number of hydrogen-bond donors (Lipinski definition) is 2. The van der Waals surface area contributed by atoms with E-state index in [-0.39, 0.29) is 18.7 Å². The molecule has 0 radical (unpaired) electrons. The number of carboxylic acid groups (broad SMARTS) is 1. The lowest BCUT2D eigenvalue weighted by Gasteiger charge is -2.29. The molecule has 0 bridgehead atoms. The third-order valence-corrected chi connectivity index (χ3v) is 3.39. The number of halogens is 3. The molecule has 1 aromatic rings. The van der Waals surface area contributed by atoms with Gasteiger partial charge in [0.1, 0.15) is 5.60 Å². The second-order valence-electron chi connectivity index (χ2n) is 6.61. The Labute approximate surface area is 149 Å². The number of alkyl carbamates (subject to hydrolysis) is 1. The number of alkyl halides is 3. The van der Waals surface area contributed by atoms with Crippen LogP contribution in [0.1, 0.15) is 44.9 Å². The van der Waals surface area contributed by atoms with Crippen molar-refractivity contribution in [2.75, 3.05) is 13.1 Å². The predicted molar refractivity (Wildman–Crippen MR) is 88.8 cm³/mol. The highest BCUT2D eigenvalue weighted by Gasteiger charge is 2.36. The van der Waals surface area contributed by atoms with E-state index in [1.54, 1.807) is 27.7 Å². The molecule has 1 unspecified atom stereocenters. The third kappa shape index (κ3) is 6.45. The van der Waals surface area contributed by atoms with Crippen LogP contribution in [0, 0.1) is 0 Å². The van der Waals surface area contributed by atoms with E-state index in [2.05, 4.69) is 5.32 Å². The SMILES string of the molecule is CCN(CC(NC(=O)OC(C)(C)C)c1ccccc1C(F)(F)F)C(=O)O. The van der Waals surface area contributed by atoms with Gasteiger partial charge in [0.05, 0.1) is 11.6 Å². The summed E-state index contributed by atoms with van der Waals surface area (Å²) in [7, 11) is 0. The summed E-state index contributed by atoms with van der Waals surface area (Å²) in [6, 6.07) is 3.49. The van der Waals surface area contributed by atoms with Gasteiger partial charge in [-0.05, 0) is 39.3 Å². The van der Waals surface area contributed by atoms with Crippen molar-refractivity contribution in [2.24, 2.45) is 0 Å². The fourth-order valence-corrected chi connectivity index (χ4v) is 2.29. The minimum atomic E-state index is -4.65. The lowest BCUT2D eigenvalue weighted by atomic mass is 9.99. The molecule has 26 heavy (non-hydrogen) atoms. The molecule has 1 atom stereocenters. The molecule has 0 aliphatic heterocycles. The van der Waals surface area contributed by atoms with Gasteiger partial charge in [0, 0.05) is 13.1 Å². The maximum atomic E-state index is 13.3. The number of rotatable bonds is 5. The number of nitrogens with one attached hydrogen (secondary N) is 1. The highest BCUT2D eigenvalue weighted by molar-refractivity contribution is 5.69. The van der Waals surface area contributed by atoms with Gasteiger partial charge in [0.2, 0.25) is 0 Å². The molecule has 0 fully saturated rings. The Bertz CT molecular complexity index is 642. The molecule has 1 rings (SSSR count). The topological polar surface area (TPSA) is 78.9 Å². The van der Waals surface area contributed by atoms with Crippen molar-refractivity contribution in [3.63, 3.8) is 0 Å². The average molecular weight is 376 g/mol. The molecule has 0 aliphatic carbocycles. The van der Waals surface area contributed by atoms with Crippen LogP contribution in [-0.4, -0.2) is 40.9 Å². The maximum Gasteiger partial charge on any atom is 0.416 e. The molecule has 0 saturated heterocycles. The fourth-order valence-electron chi connectivity index (χ4n) is 2.29. The molecular weight excluding hydrogens is 353 g/mol. The first-order valence-electron chi connectivity index (χ1n) is 7.98. The van der Waals surface area contributed by atoms with Gasteiger partial charge in [0.25, 0.3) is 0 Å². The first-order chi connectivity index (χ1) is 11.8. The molecular formula is C17H23F3N2O4. The minimum absolute atomic E-state index is 0.0516. The van der Waals surface area contributed by atoms with E-state index in [9.17, 15) is 27.9 Å². The first kappa shape index (κ1) is 21.6. The van der Waals surface area contributed by atoms with E-state index in [1.807, 2.05) is 0 Å². The van der Waals surface area contributed by atoms with E-state index >= 15 is 0 Å². The zero-order valence-electron chi connectivity index (χ0n) is 15.1. The van der Waals surface area contributed by atoms with Crippen molar-refractivity contribution in [3.8, 4) is 0 Å². The second kappa shape index (κ2) is 8.29. The van der Waals surface area contributed by atoms with Gasteiger partial charge in [0.15, 0.2) is 0 Å². The summed E-state index contributed by atoms with van der Waals surface area (Å²) in [5, 5.41) is 11.5. The number of benzene rings is 1. The highest BCUT2D eigenvalue weighted by atomic mass is 19.4. The summed E-state index contributed by atoms with van der Waals surface area (Å²) in [6.07, 6.45) is -6.88. The number of hydrogen-bond acceptors (Lipinski definition) is 3. The molecule has 6 nitrogen and oxygen atoms in total. The Hall–Kier alpha value is -2.45. The van der Waals surface area contributed by atoms with Crippen LogP contribution in [0.3, 0.4) is 0 Å². The number of nitrogens with zero attached hydrogens (tertiary/aromatic N) is 1. The van der Waals surface area contributed by atoms with Crippen LogP contribution < -0.4 is 5.32 Å². The number of carbonyl (C=O) groups excluding carboxylic acids is 1. The van der Waals surface area contributed by atoms with Crippen LogP contribution in [0.25, 0.3) is 0 Å². The lowest BCUT2D eigenvalue weighted by molar-refractivity contribution is -0.138.